The summed E-state index contributed by atoms with van der Waals surface area (Å²) >= 11 is 0. The summed E-state index contributed by atoms with van der Waals surface area (Å²) < 4.78 is 19.5. The minimum absolute atomic E-state index is 0. The average Bonchev–Trinajstić information content (AvgIpc) is 2.83. The predicted molar refractivity (Wildman–Crippen MR) is 81.0 cm³/mol. The molecule has 6 heteroatoms. The fourth-order valence-electron chi connectivity index (χ4n) is 2.95. The Morgan fingerprint density at radius 2 is 2.19 bits per heavy atom. The van der Waals surface area contributed by atoms with Gasteiger partial charge in [-0.05, 0) is 18.1 Å². The van der Waals surface area contributed by atoms with Crippen molar-refractivity contribution >= 4 is 18.4 Å². The first-order valence-electron chi connectivity index (χ1n) is 7.04. The van der Waals surface area contributed by atoms with Crippen molar-refractivity contribution in [2.75, 3.05) is 32.7 Å². The van der Waals surface area contributed by atoms with Crippen LogP contribution in [-0.4, -0.2) is 49.8 Å². The number of nitrogens with one attached hydrogen (secondary N) is 1. The Balaban J connectivity index is 0.00000161. The van der Waals surface area contributed by atoms with Crippen LogP contribution in [0.5, 0.6) is 0 Å². The quantitative estimate of drug-likeness (QED) is 0.803. The van der Waals surface area contributed by atoms with E-state index in [1.54, 1.807) is 12.2 Å². The number of carbonyl (C=O) groups is 1. The van der Waals surface area contributed by atoms with Crippen LogP contribution in [0.1, 0.15) is 6.92 Å². The largest absolute Gasteiger partial charge is 0.433 e. The summed E-state index contributed by atoms with van der Waals surface area (Å²) in [4.78, 5) is 13.6. The number of cyclic esters (lactones) is 1. The van der Waals surface area contributed by atoms with Crippen molar-refractivity contribution in [3.8, 4) is 0 Å². The molecular weight excluding hydrogens is 295 g/mol. The molecule has 2 unspecified atom stereocenters. The fraction of sp³-hybridized carbons (Fsp3) is 0.533. The number of halogens is 2. The van der Waals surface area contributed by atoms with Crippen LogP contribution < -0.4 is 5.32 Å². The van der Waals surface area contributed by atoms with Gasteiger partial charge in [-0.3, -0.25) is 9.69 Å². The molecule has 116 valence electrons. The van der Waals surface area contributed by atoms with Crippen molar-refractivity contribution in [2.24, 2.45) is 5.92 Å². The number of fused-ring (bicyclic) bond motifs is 1. The van der Waals surface area contributed by atoms with Crippen LogP contribution >= 0.6 is 12.4 Å². The molecule has 2 aliphatic heterocycles. The fourth-order valence-corrected chi connectivity index (χ4v) is 2.95. The number of alkyl halides is 1. The van der Waals surface area contributed by atoms with E-state index in [0.29, 0.717) is 12.1 Å². The number of allylic oxidation sites excluding steroid dienone is 2. The highest BCUT2D eigenvalue weighted by molar-refractivity contribution is 5.85. The van der Waals surface area contributed by atoms with Gasteiger partial charge in [0.2, 0.25) is 0 Å². The number of hydrogen-bond acceptors (Lipinski definition) is 4. The number of hydrogen-bond donors (Lipinski definition) is 1. The van der Waals surface area contributed by atoms with E-state index in [-0.39, 0.29) is 24.3 Å². The molecule has 0 aromatic heterocycles. The Morgan fingerprint density at radius 3 is 2.90 bits per heavy atom. The summed E-state index contributed by atoms with van der Waals surface area (Å²) in [6.45, 7) is 5.86. The lowest BCUT2D eigenvalue weighted by Gasteiger charge is -2.29. The lowest BCUT2D eigenvalue weighted by atomic mass is 9.85. The Morgan fingerprint density at radius 1 is 1.48 bits per heavy atom. The molecule has 0 saturated carbocycles. The molecule has 3 rings (SSSR count). The third-order valence-corrected chi connectivity index (χ3v) is 4.19. The first-order chi connectivity index (χ1) is 9.66. The molecule has 2 atom stereocenters. The standard InChI is InChI=1S/C15H19FN2O2.ClH/c1-10-11(2-3-12-13(10)9-20-15(12)19)14(16)8-18-6-4-17-5-7-18;/h2-3,9,12,14,17H,4-8H2,1H3;1H. The Kier molecular flexibility index (Phi) is 5.19. The Bertz CT molecular complexity index is 510. The van der Waals surface area contributed by atoms with Gasteiger partial charge in [0.15, 0.2) is 0 Å². The Hall–Kier alpha value is -1.17. The number of rotatable bonds is 3. The monoisotopic (exact) mass is 314 g/mol. The van der Waals surface area contributed by atoms with Gasteiger partial charge in [0, 0.05) is 38.3 Å². The van der Waals surface area contributed by atoms with E-state index >= 15 is 0 Å². The van der Waals surface area contributed by atoms with Gasteiger partial charge in [0.1, 0.15) is 12.1 Å². The third kappa shape index (κ3) is 3.20. The summed E-state index contributed by atoms with van der Waals surface area (Å²) in [5.74, 6) is -0.614. The molecule has 4 nitrogen and oxygen atoms in total. The maximum Gasteiger partial charge on any atom is 0.322 e. The minimum atomic E-state index is -1.03. The van der Waals surface area contributed by atoms with Gasteiger partial charge in [-0.2, -0.15) is 0 Å². The highest BCUT2D eigenvalue weighted by atomic mass is 35.5. The summed E-state index contributed by atoms with van der Waals surface area (Å²) in [5, 5.41) is 3.26. The molecule has 0 amide bonds. The molecule has 1 N–H and O–H groups in total. The average molecular weight is 315 g/mol. The van der Waals surface area contributed by atoms with E-state index < -0.39 is 6.17 Å². The molecule has 1 aliphatic carbocycles. The highest BCUT2D eigenvalue weighted by Gasteiger charge is 2.34. The minimum Gasteiger partial charge on any atom is -0.433 e. The topological polar surface area (TPSA) is 41.6 Å². The maximum absolute atomic E-state index is 14.6. The van der Waals surface area contributed by atoms with Crippen molar-refractivity contribution in [3.63, 3.8) is 0 Å². The smallest absolute Gasteiger partial charge is 0.322 e. The van der Waals surface area contributed by atoms with Crippen LogP contribution in [0.3, 0.4) is 0 Å². The van der Waals surface area contributed by atoms with E-state index in [1.807, 2.05) is 6.92 Å². The summed E-state index contributed by atoms with van der Waals surface area (Å²) in [6, 6.07) is 0. The molecular formula is C15H20ClFN2O2. The first kappa shape index (κ1) is 16.2. The van der Waals surface area contributed by atoms with Crippen molar-refractivity contribution in [1.29, 1.82) is 0 Å². The van der Waals surface area contributed by atoms with Crippen molar-refractivity contribution < 1.29 is 13.9 Å². The van der Waals surface area contributed by atoms with Gasteiger partial charge < -0.3 is 10.1 Å². The van der Waals surface area contributed by atoms with Crippen LogP contribution in [0.4, 0.5) is 4.39 Å². The Labute approximate surface area is 130 Å². The van der Waals surface area contributed by atoms with Gasteiger partial charge in [-0.15, -0.1) is 12.4 Å². The normalized spacial score (nSPS) is 26.9. The van der Waals surface area contributed by atoms with Crippen molar-refractivity contribution in [3.05, 3.63) is 35.1 Å². The van der Waals surface area contributed by atoms with Gasteiger partial charge in [0.05, 0.1) is 6.26 Å². The summed E-state index contributed by atoms with van der Waals surface area (Å²) in [6.07, 6.45) is 3.93. The number of ether oxygens (including phenoxy) is 1. The van der Waals surface area contributed by atoms with Crippen LogP contribution in [0.2, 0.25) is 0 Å². The van der Waals surface area contributed by atoms with Crippen LogP contribution in [0, 0.1) is 5.92 Å². The molecule has 1 saturated heterocycles. The van der Waals surface area contributed by atoms with Gasteiger partial charge in [0.25, 0.3) is 0 Å². The zero-order chi connectivity index (χ0) is 14.1. The van der Waals surface area contributed by atoms with Gasteiger partial charge in [-0.1, -0.05) is 12.2 Å². The second kappa shape index (κ2) is 6.73. The number of piperazine rings is 1. The molecule has 0 aromatic carbocycles. The second-order valence-electron chi connectivity index (χ2n) is 5.45. The molecule has 0 spiro atoms. The SMILES string of the molecule is CC1=C(C(F)CN2CCNCC2)C=CC2C(=O)OC=C12.Cl. The number of esters is 1. The van der Waals surface area contributed by atoms with E-state index in [4.69, 9.17) is 4.74 Å². The highest BCUT2D eigenvalue weighted by Crippen LogP contribution is 2.35. The molecule has 3 aliphatic rings. The van der Waals surface area contributed by atoms with Crippen LogP contribution in [-0.2, 0) is 9.53 Å². The summed E-state index contributed by atoms with van der Waals surface area (Å²) in [5.41, 5.74) is 2.31. The molecule has 1 fully saturated rings. The van der Waals surface area contributed by atoms with Gasteiger partial charge >= 0.3 is 5.97 Å². The van der Waals surface area contributed by atoms with E-state index in [2.05, 4.69) is 10.2 Å². The molecule has 2 heterocycles. The van der Waals surface area contributed by atoms with E-state index in [0.717, 1.165) is 37.3 Å². The van der Waals surface area contributed by atoms with E-state index in [9.17, 15) is 9.18 Å². The van der Waals surface area contributed by atoms with Gasteiger partial charge in [-0.25, -0.2) is 4.39 Å². The molecule has 0 bridgehead atoms. The lowest BCUT2D eigenvalue weighted by Crippen LogP contribution is -2.46. The maximum atomic E-state index is 14.6. The number of carbonyl (C=O) groups excluding carboxylic acids is 1. The summed E-state index contributed by atoms with van der Waals surface area (Å²) in [7, 11) is 0. The first-order valence-corrected chi connectivity index (χ1v) is 7.04. The van der Waals surface area contributed by atoms with Crippen molar-refractivity contribution in [1.82, 2.24) is 10.2 Å². The molecule has 0 aromatic rings. The van der Waals surface area contributed by atoms with Crippen LogP contribution in [0.15, 0.2) is 35.1 Å². The lowest BCUT2D eigenvalue weighted by molar-refractivity contribution is -0.137. The number of nitrogens with zero attached hydrogens (tertiary/aromatic N) is 1. The van der Waals surface area contributed by atoms with E-state index in [1.165, 1.54) is 6.26 Å². The predicted octanol–water partition coefficient (Wildman–Crippen LogP) is 1.59. The van der Waals surface area contributed by atoms with Crippen molar-refractivity contribution in [2.45, 2.75) is 13.1 Å². The van der Waals surface area contributed by atoms with Crippen LogP contribution in [0.25, 0.3) is 0 Å². The zero-order valence-corrected chi connectivity index (χ0v) is 12.8. The molecule has 0 radical (unpaired) electrons. The molecule has 21 heavy (non-hydrogen) atoms. The third-order valence-electron chi connectivity index (χ3n) is 4.19. The zero-order valence-electron chi connectivity index (χ0n) is 12.0. The second-order valence-corrected chi connectivity index (χ2v) is 5.45.